The third-order valence-electron chi connectivity index (χ3n) is 11.0. The molecule has 4 heterocycles. The zero-order valence-corrected chi connectivity index (χ0v) is 38.2. The van der Waals surface area contributed by atoms with Crippen LogP contribution in [0.3, 0.4) is 0 Å². The minimum Gasteiger partial charge on any atom is -0.414 e. The molecule has 1 aliphatic rings. The zero-order valence-electron chi connectivity index (χ0n) is 36.5. The van der Waals surface area contributed by atoms with E-state index in [2.05, 4.69) is 40.5 Å². The van der Waals surface area contributed by atoms with Gasteiger partial charge in [-0.05, 0) is 60.6 Å². The Bertz CT molecular complexity index is 2720. The summed E-state index contributed by atoms with van der Waals surface area (Å²) < 4.78 is 34.7. The summed E-state index contributed by atoms with van der Waals surface area (Å²) in [4.78, 5) is 56.3. The van der Waals surface area contributed by atoms with Crippen molar-refractivity contribution in [1.82, 2.24) is 45.4 Å². The Morgan fingerprint density at radius 2 is 1.63 bits per heavy atom. The topological polar surface area (TPSA) is 249 Å². The van der Waals surface area contributed by atoms with Gasteiger partial charge in [0, 0.05) is 43.6 Å². The SMILES string of the molecule is Cc1ncsc1-c1ccc(CNC(=O)[C@@H]2C[C@@H](O)CN2C(=O)[C@@H](NC(=O)CCCCCNS(=O)(=O)c2ccc(-c3cnc(N)c(-c4nnc(-c5ccccc5)o4)n3)cc2)C(C)(C)C)cc1. The number of nitrogens with one attached hydrogen (secondary N) is 3. The predicted molar refractivity (Wildman–Crippen MR) is 246 cm³/mol. The number of carbonyl (C=O) groups is 3. The lowest BCUT2D eigenvalue weighted by molar-refractivity contribution is -0.144. The number of unbranched alkanes of at least 4 members (excludes halogenated alkanes) is 2. The Hall–Kier alpha value is -6.41. The van der Waals surface area contributed by atoms with Crippen molar-refractivity contribution in [1.29, 1.82) is 0 Å². The van der Waals surface area contributed by atoms with Gasteiger partial charge in [0.15, 0.2) is 11.5 Å². The molecule has 1 saturated heterocycles. The number of hydrogen-bond acceptors (Lipinski definition) is 14. The number of rotatable bonds is 17. The average Bonchev–Trinajstić information content (AvgIpc) is 4.06. The fourth-order valence-corrected chi connectivity index (χ4v) is 9.29. The number of benzene rings is 3. The number of likely N-dealkylation sites (tertiary alicyclic amines) is 1. The maximum Gasteiger partial charge on any atom is 0.270 e. The summed E-state index contributed by atoms with van der Waals surface area (Å²) in [5.41, 5.74) is 12.0. The molecule has 17 nitrogen and oxygen atoms in total. The number of aromatic nitrogens is 5. The van der Waals surface area contributed by atoms with Crippen LogP contribution in [-0.4, -0.2) is 92.6 Å². The van der Waals surface area contributed by atoms with E-state index in [1.165, 1.54) is 23.2 Å². The molecule has 0 unspecified atom stereocenters. The van der Waals surface area contributed by atoms with Gasteiger partial charge >= 0.3 is 0 Å². The zero-order chi connectivity index (χ0) is 46.3. The second-order valence-electron chi connectivity index (χ2n) is 16.9. The number of aryl methyl sites for hydroxylation is 1. The van der Waals surface area contributed by atoms with Gasteiger partial charge in [-0.1, -0.05) is 81.8 Å². The standard InChI is InChI=1S/C46H52N10O7S2/c1-28-39(64-27-50-28)31-16-14-29(15-17-31)24-49-42(59)36-23-33(57)26-56(36)45(60)40(46(2,3)4)53-37(58)13-9-6-10-22-51-65(61,62)34-20-18-30(19-21-34)35-25-48-41(47)38(52-35)44-55-54-43(63-44)32-11-7-5-8-12-32/h5,7-8,11-12,14-21,25,27,33,36,40,51,57H,6,9-10,13,22-24,26H2,1-4H3,(H2,47,48)(H,49,59)(H,53,58)/t33-,36+,40-/m1/s1. The Morgan fingerprint density at radius 1 is 0.923 bits per heavy atom. The number of sulfonamides is 1. The first-order valence-electron chi connectivity index (χ1n) is 21.2. The Kier molecular flexibility index (Phi) is 14.5. The van der Waals surface area contributed by atoms with Crippen molar-refractivity contribution in [2.24, 2.45) is 5.41 Å². The number of nitrogens with zero attached hydrogens (tertiary/aromatic N) is 6. The van der Waals surface area contributed by atoms with Crippen LogP contribution < -0.4 is 21.1 Å². The maximum atomic E-state index is 14.0. The van der Waals surface area contributed by atoms with Gasteiger partial charge < -0.3 is 30.8 Å². The highest BCUT2D eigenvalue weighted by molar-refractivity contribution is 7.89. The molecule has 3 aromatic heterocycles. The largest absolute Gasteiger partial charge is 0.414 e. The van der Waals surface area contributed by atoms with Gasteiger partial charge in [-0.25, -0.2) is 28.1 Å². The van der Waals surface area contributed by atoms with Crippen LogP contribution >= 0.6 is 11.3 Å². The number of amides is 3. The van der Waals surface area contributed by atoms with Crippen molar-refractivity contribution >= 4 is 44.9 Å². The van der Waals surface area contributed by atoms with E-state index < -0.39 is 39.5 Å². The molecule has 3 atom stereocenters. The number of carbonyl (C=O) groups excluding carboxylic acids is 3. The van der Waals surface area contributed by atoms with E-state index >= 15 is 0 Å². The molecule has 3 amide bonds. The number of aliphatic hydroxyl groups excluding tert-OH is 1. The van der Waals surface area contributed by atoms with E-state index in [4.69, 9.17) is 10.2 Å². The highest BCUT2D eigenvalue weighted by Crippen LogP contribution is 2.30. The molecule has 0 bridgehead atoms. The quantitative estimate of drug-likeness (QED) is 0.0708. The third kappa shape index (κ3) is 11.5. The molecule has 340 valence electrons. The van der Waals surface area contributed by atoms with Crippen molar-refractivity contribution in [3.8, 4) is 44.7 Å². The number of β-amino-alcohol motifs (C(OH)–C–C–N with tert-alkyl or cyclic N) is 1. The van der Waals surface area contributed by atoms with Crippen LogP contribution in [0.15, 0.2) is 99.9 Å². The van der Waals surface area contributed by atoms with Gasteiger partial charge in [-0.3, -0.25) is 14.4 Å². The van der Waals surface area contributed by atoms with Gasteiger partial charge in [0.1, 0.15) is 12.1 Å². The molecule has 19 heteroatoms. The number of nitrogen functional groups attached to an aromatic ring is 1. The molecule has 1 fully saturated rings. The van der Waals surface area contributed by atoms with Crippen molar-refractivity contribution in [3.63, 3.8) is 0 Å². The van der Waals surface area contributed by atoms with Gasteiger partial charge in [-0.2, -0.15) is 0 Å². The van der Waals surface area contributed by atoms with Crippen molar-refractivity contribution in [3.05, 3.63) is 102 Å². The Labute approximate surface area is 381 Å². The molecule has 1 aliphatic heterocycles. The first-order chi connectivity index (χ1) is 31.1. The lowest BCUT2D eigenvalue weighted by Crippen LogP contribution is -2.57. The normalized spacial score (nSPS) is 15.7. The predicted octanol–water partition coefficient (Wildman–Crippen LogP) is 5.52. The van der Waals surface area contributed by atoms with Gasteiger partial charge in [0.25, 0.3) is 5.89 Å². The molecule has 7 rings (SSSR count). The van der Waals surface area contributed by atoms with E-state index in [1.54, 1.807) is 29.0 Å². The summed E-state index contributed by atoms with van der Waals surface area (Å²) >= 11 is 1.56. The maximum absolute atomic E-state index is 14.0. The molecule has 0 saturated carbocycles. The molecule has 6 aromatic rings. The molecular weight excluding hydrogens is 869 g/mol. The van der Waals surface area contributed by atoms with Crippen LogP contribution in [0.5, 0.6) is 0 Å². The second kappa shape index (κ2) is 20.2. The Balaban J connectivity index is 0.862. The molecule has 6 N–H and O–H groups in total. The Morgan fingerprint density at radius 3 is 2.32 bits per heavy atom. The fourth-order valence-electron chi connectivity index (χ4n) is 7.41. The number of nitrogens with two attached hydrogens (primary N) is 1. The van der Waals surface area contributed by atoms with E-state index in [1.807, 2.05) is 82.3 Å². The molecular formula is C46H52N10O7S2. The summed E-state index contributed by atoms with van der Waals surface area (Å²) in [6.45, 7) is 7.81. The number of anilines is 1. The smallest absolute Gasteiger partial charge is 0.270 e. The minimum absolute atomic E-state index is 0.0283. The van der Waals surface area contributed by atoms with Gasteiger partial charge in [0.2, 0.25) is 33.6 Å². The van der Waals surface area contributed by atoms with Gasteiger partial charge in [0.05, 0.1) is 39.0 Å². The first-order valence-corrected chi connectivity index (χ1v) is 23.6. The first kappa shape index (κ1) is 46.6. The van der Waals surface area contributed by atoms with Crippen LogP contribution in [0, 0.1) is 12.3 Å². The van der Waals surface area contributed by atoms with E-state index in [-0.39, 0.29) is 66.6 Å². The van der Waals surface area contributed by atoms with E-state index in [9.17, 15) is 27.9 Å². The number of thiazole rings is 1. The summed E-state index contributed by atoms with van der Waals surface area (Å²) in [6, 6.07) is 21.4. The van der Waals surface area contributed by atoms with Crippen LogP contribution in [0.2, 0.25) is 0 Å². The third-order valence-corrected chi connectivity index (χ3v) is 13.4. The lowest BCUT2D eigenvalue weighted by Gasteiger charge is -2.35. The molecule has 65 heavy (non-hydrogen) atoms. The number of hydrogen-bond donors (Lipinski definition) is 5. The summed E-state index contributed by atoms with van der Waals surface area (Å²) in [5.74, 6) is -0.681. The van der Waals surface area contributed by atoms with Crippen LogP contribution in [0.25, 0.3) is 44.7 Å². The average molecular weight is 921 g/mol. The molecule has 0 spiro atoms. The second-order valence-corrected chi connectivity index (χ2v) is 19.6. The monoisotopic (exact) mass is 920 g/mol. The lowest BCUT2D eigenvalue weighted by atomic mass is 9.85. The van der Waals surface area contributed by atoms with E-state index in [0.717, 1.165) is 27.3 Å². The fraction of sp³-hybridized carbons (Fsp3) is 0.348. The number of aliphatic hydroxyl groups is 1. The van der Waals surface area contributed by atoms with Crippen molar-refractivity contribution < 1.29 is 32.3 Å². The van der Waals surface area contributed by atoms with Gasteiger partial charge in [-0.15, -0.1) is 21.5 Å². The highest BCUT2D eigenvalue weighted by Gasteiger charge is 2.44. The molecule has 0 radical (unpaired) electrons. The minimum atomic E-state index is -3.85. The molecule has 3 aromatic carbocycles. The van der Waals surface area contributed by atoms with Crippen molar-refractivity contribution in [2.75, 3.05) is 18.8 Å². The van der Waals surface area contributed by atoms with Crippen molar-refractivity contribution in [2.45, 2.75) is 89.4 Å². The summed E-state index contributed by atoms with van der Waals surface area (Å²) in [6.07, 6.45) is 2.24. The molecule has 0 aliphatic carbocycles. The summed E-state index contributed by atoms with van der Waals surface area (Å²) in [5, 5.41) is 24.5. The van der Waals surface area contributed by atoms with E-state index in [0.29, 0.717) is 36.4 Å². The highest BCUT2D eigenvalue weighted by atomic mass is 32.2. The van der Waals surface area contributed by atoms with Crippen LogP contribution in [-0.2, 0) is 31.0 Å². The van der Waals surface area contributed by atoms with Crippen LogP contribution in [0.4, 0.5) is 5.82 Å². The summed E-state index contributed by atoms with van der Waals surface area (Å²) in [7, 11) is -3.85. The van der Waals surface area contributed by atoms with Crippen LogP contribution in [0.1, 0.15) is 64.1 Å².